The monoisotopic (exact) mass is 488 g/mol. The first kappa shape index (κ1) is 28.2. The van der Waals surface area contributed by atoms with E-state index in [4.69, 9.17) is 0 Å². The van der Waals surface area contributed by atoms with E-state index in [-0.39, 0.29) is 0 Å². The molecule has 0 N–H and O–H groups in total. The Morgan fingerprint density at radius 1 is 0.514 bits per heavy atom. The van der Waals surface area contributed by atoms with Crippen LogP contribution in [-0.2, 0) is 0 Å². The highest BCUT2D eigenvalue weighted by Gasteiger charge is 2.15. The molecule has 192 valence electrons. The highest BCUT2D eigenvalue weighted by Crippen LogP contribution is 2.37. The normalized spacial score (nSPS) is 14.2. The lowest BCUT2D eigenvalue weighted by atomic mass is 9.88. The first-order valence-corrected chi connectivity index (χ1v) is 14.4. The van der Waals surface area contributed by atoms with Crippen LogP contribution < -0.4 is 0 Å². The highest BCUT2D eigenvalue weighted by molar-refractivity contribution is 5.93. The van der Waals surface area contributed by atoms with Gasteiger partial charge in [0.15, 0.2) is 0 Å². The quantitative estimate of drug-likeness (QED) is 0.262. The summed E-state index contributed by atoms with van der Waals surface area (Å²) in [5.74, 6) is 0.738. The zero-order valence-corrected chi connectivity index (χ0v) is 23.5. The van der Waals surface area contributed by atoms with Crippen molar-refractivity contribution in [3.05, 3.63) is 107 Å². The summed E-state index contributed by atoms with van der Waals surface area (Å²) in [5.41, 5.74) is 10.4. The molecule has 0 heteroatoms. The topological polar surface area (TPSA) is 0 Å². The van der Waals surface area contributed by atoms with Crippen LogP contribution in [0.25, 0.3) is 46.6 Å². The SMILES string of the molecule is C/C=C/c1cc(/C=C/c2cc(/C=C\C3CCCCC3)c3cccccc2-3)c2cccccc1-2.CC.CC. The summed E-state index contributed by atoms with van der Waals surface area (Å²) >= 11 is 0. The molecule has 5 aliphatic rings. The molecule has 0 spiro atoms. The predicted octanol–water partition coefficient (Wildman–Crippen LogP) is 11.7. The molecule has 1 fully saturated rings. The van der Waals surface area contributed by atoms with Gasteiger partial charge in [0, 0.05) is 0 Å². The molecule has 0 amide bonds. The maximum Gasteiger partial charge on any atom is -0.0105 e. The minimum absolute atomic E-state index is 0.738. The fourth-order valence-electron chi connectivity index (χ4n) is 5.22. The van der Waals surface area contributed by atoms with Crippen LogP contribution in [0.1, 0.15) is 89.0 Å². The van der Waals surface area contributed by atoms with Crippen molar-refractivity contribution in [3.8, 4) is 22.3 Å². The molecule has 0 nitrogen and oxygen atoms in total. The minimum atomic E-state index is 0.738. The fourth-order valence-corrected chi connectivity index (χ4v) is 5.22. The van der Waals surface area contributed by atoms with Gasteiger partial charge in [-0.15, -0.1) is 0 Å². The van der Waals surface area contributed by atoms with Crippen LogP contribution in [-0.4, -0.2) is 0 Å². The maximum atomic E-state index is 2.46. The number of rotatable bonds is 5. The van der Waals surface area contributed by atoms with Crippen molar-refractivity contribution in [2.45, 2.75) is 66.7 Å². The molecule has 5 rings (SSSR count). The highest BCUT2D eigenvalue weighted by atomic mass is 14.2. The third-order valence-electron chi connectivity index (χ3n) is 6.93. The molecule has 37 heavy (non-hydrogen) atoms. The van der Waals surface area contributed by atoms with Gasteiger partial charge in [0.05, 0.1) is 0 Å². The van der Waals surface area contributed by atoms with Gasteiger partial charge in [-0.2, -0.15) is 0 Å². The van der Waals surface area contributed by atoms with E-state index in [0.29, 0.717) is 0 Å². The summed E-state index contributed by atoms with van der Waals surface area (Å²) in [6, 6.07) is 26.4. The average Bonchev–Trinajstić information content (AvgIpc) is 3.20. The van der Waals surface area contributed by atoms with Crippen molar-refractivity contribution in [3.63, 3.8) is 0 Å². The molecule has 0 atom stereocenters. The molecule has 1 saturated carbocycles. The molecule has 0 saturated heterocycles. The van der Waals surface area contributed by atoms with Crippen LogP contribution in [0.5, 0.6) is 0 Å². The molecule has 0 aliphatic heterocycles. The Morgan fingerprint density at radius 2 is 0.919 bits per heavy atom. The van der Waals surface area contributed by atoms with Crippen LogP contribution in [0.4, 0.5) is 0 Å². The fraction of sp³-hybridized carbons (Fsp3) is 0.297. The Morgan fingerprint density at radius 3 is 1.35 bits per heavy atom. The van der Waals surface area contributed by atoms with Crippen LogP contribution in [0, 0.1) is 5.92 Å². The Labute approximate surface area is 226 Å². The maximum absolute atomic E-state index is 2.46. The van der Waals surface area contributed by atoms with E-state index < -0.39 is 0 Å². The predicted molar refractivity (Wildman–Crippen MR) is 168 cm³/mol. The Bertz CT molecular complexity index is 1250. The van der Waals surface area contributed by atoms with E-state index in [2.05, 4.69) is 116 Å². The average molecular weight is 489 g/mol. The van der Waals surface area contributed by atoms with Crippen molar-refractivity contribution in [2.24, 2.45) is 5.92 Å². The Balaban J connectivity index is 0.000000907. The number of fused-ring (bicyclic) bond motifs is 2. The van der Waals surface area contributed by atoms with Crippen LogP contribution in [0.15, 0.2) is 84.9 Å². The number of allylic oxidation sites excluding steroid dienone is 2. The van der Waals surface area contributed by atoms with E-state index in [9.17, 15) is 0 Å². The standard InChI is InChI=1S/C33H32.2C2H6/c1-2-12-26-23-28(32-17-10-4-8-15-30(26)32)21-22-29-24-27(20-19-25-13-6-3-7-14-25)31-16-9-5-11-18-33(29)31;2*1-2/h2,4-5,8-12,15-25H,3,6-7,13-14H2,1H3;2*1-2H3/b12-2+,20-19-,22-21+;;. The summed E-state index contributed by atoms with van der Waals surface area (Å²) in [7, 11) is 0. The molecule has 0 aromatic rings. The molecular weight excluding hydrogens is 444 g/mol. The molecule has 0 heterocycles. The second kappa shape index (κ2) is 15.0. The van der Waals surface area contributed by atoms with Gasteiger partial charge in [-0.05, 0) is 82.3 Å². The summed E-state index contributed by atoms with van der Waals surface area (Å²) < 4.78 is 0. The van der Waals surface area contributed by atoms with E-state index in [1.165, 1.54) is 76.6 Å². The number of hydrogen-bond donors (Lipinski definition) is 0. The largest absolute Gasteiger partial charge is 0.0870 e. The van der Waals surface area contributed by atoms with Crippen molar-refractivity contribution in [1.29, 1.82) is 0 Å². The lowest BCUT2D eigenvalue weighted by Crippen LogP contribution is -2.02. The van der Waals surface area contributed by atoms with Crippen LogP contribution in [0.2, 0.25) is 0 Å². The molecule has 0 aromatic heterocycles. The minimum Gasteiger partial charge on any atom is -0.0870 e. The summed E-state index contributed by atoms with van der Waals surface area (Å²) in [6.07, 6.45) is 20.6. The lowest BCUT2D eigenvalue weighted by Gasteiger charge is -2.17. The van der Waals surface area contributed by atoms with Gasteiger partial charge < -0.3 is 0 Å². The zero-order valence-electron chi connectivity index (χ0n) is 23.5. The first-order valence-electron chi connectivity index (χ1n) is 14.4. The van der Waals surface area contributed by atoms with Gasteiger partial charge >= 0.3 is 0 Å². The van der Waals surface area contributed by atoms with E-state index >= 15 is 0 Å². The first-order chi connectivity index (χ1) is 18.3. The summed E-state index contributed by atoms with van der Waals surface area (Å²) in [5, 5.41) is 0. The van der Waals surface area contributed by atoms with Crippen molar-refractivity contribution >= 4 is 24.3 Å². The zero-order chi connectivity index (χ0) is 26.5. The van der Waals surface area contributed by atoms with E-state index in [0.717, 1.165) is 5.92 Å². The Kier molecular flexibility index (Phi) is 11.4. The third kappa shape index (κ3) is 7.10. The van der Waals surface area contributed by atoms with Gasteiger partial charge in [-0.3, -0.25) is 0 Å². The molecule has 5 aliphatic carbocycles. The molecule has 0 bridgehead atoms. The third-order valence-corrected chi connectivity index (χ3v) is 6.93. The molecule has 0 aromatic carbocycles. The second-order valence-electron chi connectivity index (χ2n) is 9.18. The van der Waals surface area contributed by atoms with Gasteiger partial charge in [0.25, 0.3) is 0 Å². The summed E-state index contributed by atoms with van der Waals surface area (Å²) in [6.45, 7) is 10.1. The van der Waals surface area contributed by atoms with Crippen molar-refractivity contribution < 1.29 is 0 Å². The van der Waals surface area contributed by atoms with Crippen molar-refractivity contribution in [2.75, 3.05) is 0 Å². The van der Waals surface area contributed by atoms with Crippen LogP contribution in [0.3, 0.4) is 0 Å². The lowest BCUT2D eigenvalue weighted by molar-refractivity contribution is 0.420. The van der Waals surface area contributed by atoms with Gasteiger partial charge in [-0.25, -0.2) is 0 Å². The van der Waals surface area contributed by atoms with Gasteiger partial charge in [0.1, 0.15) is 0 Å². The second-order valence-corrected chi connectivity index (χ2v) is 9.18. The molecule has 0 unspecified atom stereocenters. The van der Waals surface area contributed by atoms with E-state index in [1.54, 1.807) is 0 Å². The van der Waals surface area contributed by atoms with Crippen molar-refractivity contribution in [1.82, 2.24) is 0 Å². The number of hydrogen-bond acceptors (Lipinski definition) is 0. The molecular formula is C37H44. The Hall–Kier alpha value is -3.38. The van der Waals surface area contributed by atoms with Crippen LogP contribution >= 0.6 is 0 Å². The molecule has 0 radical (unpaired) electrons. The smallest absolute Gasteiger partial charge is 0.0105 e. The van der Waals surface area contributed by atoms with Gasteiger partial charge in [-0.1, -0.05) is 144 Å². The van der Waals surface area contributed by atoms with Gasteiger partial charge in [0.2, 0.25) is 0 Å². The summed E-state index contributed by atoms with van der Waals surface area (Å²) in [4.78, 5) is 0. The van der Waals surface area contributed by atoms with E-state index in [1.807, 2.05) is 27.7 Å².